The van der Waals surface area contributed by atoms with Gasteiger partial charge in [0.1, 0.15) is 0 Å². The van der Waals surface area contributed by atoms with Crippen molar-refractivity contribution in [1.82, 2.24) is 4.90 Å². The zero-order valence-electron chi connectivity index (χ0n) is 8.53. The lowest BCUT2D eigenvalue weighted by Gasteiger charge is -2.14. The molecule has 1 heterocycles. The first-order valence-electron chi connectivity index (χ1n) is 5.04. The van der Waals surface area contributed by atoms with Crippen molar-refractivity contribution in [3.63, 3.8) is 0 Å². The number of nitrogens with zero attached hydrogens (tertiary/aromatic N) is 1. The van der Waals surface area contributed by atoms with Gasteiger partial charge >= 0.3 is 0 Å². The van der Waals surface area contributed by atoms with E-state index in [1.54, 1.807) is 0 Å². The Morgan fingerprint density at radius 2 is 2.07 bits per heavy atom. The second kappa shape index (κ2) is 3.88. The van der Waals surface area contributed by atoms with Gasteiger partial charge < -0.3 is 16.0 Å². The molecular formula is C11H17N3. The molecule has 0 spiro atoms. The molecule has 1 aliphatic rings. The Morgan fingerprint density at radius 1 is 1.36 bits per heavy atom. The number of hydrogen-bond donors (Lipinski definition) is 2. The topological polar surface area (TPSA) is 41.3 Å². The molecule has 14 heavy (non-hydrogen) atoms. The quantitative estimate of drug-likeness (QED) is 0.694. The average Bonchev–Trinajstić information content (AvgIpc) is 2.56. The molecule has 1 unspecified atom stereocenters. The van der Waals surface area contributed by atoms with Crippen molar-refractivity contribution in [3.8, 4) is 0 Å². The van der Waals surface area contributed by atoms with Crippen LogP contribution in [-0.2, 0) is 0 Å². The maximum atomic E-state index is 5.62. The van der Waals surface area contributed by atoms with E-state index < -0.39 is 0 Å². The van der Waals surface area contributed by atoms with Gasteiger partial charge in [-0.05, 0) is 44.3 Å². The Balaban J connectivity index is 1.94. The number of hydrogen-bond acceptors (Lipinski definition) is 3. The van der Waals surface area contributed by atoms with Crippen LogP contribution in [0.2, 0.25) is 0 Å². The van der Waals surface area contributed by atoms with Gasteiger partial charge in [0.25, 0.3) is 0 Å². The third kappa shape index (κ3) is 2.17. The van der Waals surface area contributed by atoms with Gasteiger partial charge in [-0.3, -0.25) is 0 Å². The second-order valence-electron chi connectivity index (χ2n) is 4.01. The zero-order valence-corrected chi connectivity index (χ0v) is 8.53. The maximum absolute atomic E-state index is 5.62. The minimum Gasteiger partial charge on any atom is -0.399 e. The van der Waals surface area contributed by atoms with Crippen LogP contribution in [0.15, 0.2) is 24.3 Å². The molecule has 1 aromatic carbocycles. The molecule has 0 bridgehead atoms. The number of likely N-dealkylation sites (tertiary alicyclic amines) is 1. The van der Waals surface area contributed by atoms with Crippen LogP contribution in [-0.4, -0.2) is 31.1 Å². The summed E-state index contributed by atoms with van der Waals surface area (Å²) in [6.07, 6.45) is 1.22. The molecule has 0 aliphatic carbocycles. The number of likely N-dealkylation sites (N-methyl/N-ethyl adjacent to an activating group) is 1. The summed E-state index contributed by atoms with van der Waals surface area (Å²) in [6, 6.07) is 8.52. The summed E-state index contributed by atoms with van der Waals surface area (Å²) in [5.74, 6) is 0. The van der Waals surface area contributed by atoms with Crippen molar-refractivity contribution in [3.05, 3.63) is 24.3 Å². The Hall–Kier alpha value is -1.22. The van der Waals surface area contributed by atoms with Crippen molar-refractivity contribution in [2.75, 3.05) is 31.2 Å². The summed E-state index contributed by atoms with van der Waals surface area (Å²) in [7, 11) is 2.16. The summed E-state index contributed by atoms with van der Waals surface area (Å²) < 4.78 is 0. The summed E-state index contributed by atoms with van der Waals surface area (Å²) in [5.41, 5.74) is 7.61. The lowest BCUT2D eigenvalue weighted by Crippen LogP contribution is -2.23. The van der Waals surface area contributed by atoms with Crippen molar-refractivity contribution in [1.29, 1.82) is 0 Å². The summed E-state index contributed by atoms with van der Waals surface area (Å²) >= 11 is 0. The van der Waals surface area contributed by atoms with E-state index in [2.05, 4.69) is 17.3 Å². The highest BCUT2D eigenvalue weighted by Gasteiger charge is 2.18. The van der Waals surface area contributed by atoms with Crippen LogP contribution < -0.4 is 11.1 Å². The van der Waals surface area contributed by atoms with Gasteiger partial charge in [-0.25, -0.2) is 0 Å². The molecule has 2 rings (SSSR count). The standard InChI is InChI=1S/C11H17N3/c1-14-7-6-11(8-14)13-10-4-2-9(12)3-5-10/h2-5,11,13H,6-8,12H2,1H3. The Morgan fingerprint density at radius 3 is 2.64 bits per heavy atom. The molecule has 0 aromatic heterocycles. The van der Waals surface area contributed by atoms with Crippen molar-refractivity contribution >= 4 is 11.4 Å². The number of anilines is 2. The molecule has 1 atom stereocenters. The van der Waals surface area contributed by atoms with Gasteiger partial charge in [-0.1, -0.05) is 0 Å². The number of nitrogens with one attached hydrogen (secondary N) is 1. The normalized spacial score (nSPS) is 22.5. The molecule has 0 radical (unpaired) electrons. The molecule has 1 fully saturated rings. The molecule has 3 N–H and O–H groups in total. The van der Waals surface area contributed by atoms with E-state index >= 15 is 0 Å². The zero-order chi connectivity index (χ0) is 9.97. The van der Waals surface area contributed by atoms with E-state index in [-0.39, 0.29) is 0 Å². The monoisotopic (exact) mass is 191 g/mol. The van der Waals surface area contributed by atoms with E-state index in [1.165, 1.54) is 18.7 Å². The molecule has 1 saturated heterocycles. The van der Waals surface area contributed by atoms with Crippen LogP contribution in [0, 0.1) is 0 Å². The predicted octanol–water partition coefficient (Wildman–Crippen LogP) is 1.38. The van der Waals surface area contributed by atoms with Gasteiger partial charge in [0.2, 0.25) is 0 Å². The van der Waals surface area contributed by atoms with E-state index in [0.717, 1.165) is 12.2 Å². The van der Waals surface area contributed by atoms with Crippen molar-refractivity contribution < 1.29 is 0 Å². The smallest absolute Gasteiger partial charge is 0.0400 e. The maximum Gasteiger partial charge on any atom is 0.0400 e. The first-order valence-corrected chi connectivity index (χ1v) is 5.04. The lowest BCUT2D eigenvalue weighted by atomic mass is 10.2. The molecule has 0 amide bonds. The fourth-order valence-corrected chi connectivity index (χ4v) is 1.87. The molecular weight excluding hydrogens is 174 g/mol. The highest BCUT2D eigenvalue weighted by molar-refractivity contribution is 5.51. The van der Waals surface area contributed by atoms with Crippen LogP contribution in [0.4, 0.5) is 11.4 Å². The van der Waals surface area contributed by atoms with Gasteiger partial charge in [-0.15, -0.1) is 0 Å². The first kappa shape index (κ1) is 9.34. The highest BCUT2D eigenvalue weighted by atomic mass is 15.2. The van der Waals surface area contributed by atoms with Gasteiger partial charge in [-0.2, -0.15) is 0 Å². The number of rotatable bonds is 2. The Bertz CT molecular complexity index is 294. The fourth-order valence-electron chi connectivity index (χ4n) is 1.87. The largest absolute Gasteiger partial charge is 0.399 e. The third-order valence-corrected chi connectivity index (χ3v) is 2.67. The highest BCUT2D eigenvalue weighted by Crippen LogP contribution is 2.15. The predicted molar refractivity (Wildman–Crippen MR) is 60.4 cm³/mol. The fraction of sp³-hybridized carbons (Fsp3) is 0.455. The third-order valence-electron chi connectivity index (χ3n) is 2.67. The molecule has 1 aliphatic heterocycles. The van der Waals surface area contributed by atoms with Crippen LogP contribution in [0.3, 0.4) is 0 Å². The summed E-state index contributed by atoms with van der Waals surface area (Å²) in [5, 5.41) is 3.50. The van der Waals surface area contributed by atoms with Crippen LogP contribution >= 0.6 is 0 Å². The van der Waals surface area contributed by atoms with Crippen molar-refractivity contribution in [2.24, 2.45) is 0 Å². The number of nitrogen functional groups attached to an aromatic ring is 1. The van der Waals surface area contributed by atoms with Crippen LogP contribution in [0.5, 0.6) is 0 Å². The summed E-state index contributed by atoms with van der Waals surface area (Å²) in [6.45, 7) is 2.32. The molecule has 76 valence electrons. The Kier molecular flexibility index (Phi) is 2.59. The lowest BCUT2D eigenvalue weighted by molar-refractivity contribution is 0.414. The minimum absolute atomic E-state index is 0.587. The summed E-state index contributed by atoms with van der Waals surface area (Å²) in [4.78, 5) is 2.34. The van der Waals surface area contributed by atoms with Gasteiger partial charge in [0.15, 0.2) is 0 Å². The minimum atomic E-state index is 0.587. The SMILES string of the molecule is CN1CCC(Nc2ccc(N)cc2)C1. The molecule has 0 saturated carbocycles. The van der Waals surface area contributed by atoms with E-state index in [1.807, 2.05) is 24.3 Å². The number of nitrogens with two attached hydrogens (primary N) is 1. The van der Waals surface area contributed by atoms with E-state index in [4.69, 9.17) is 5.73 Å². The van der Waals surface area contributed by atoms with E-state index in [0.29, 0.717) is 6.04 Å². The molecule has 1 aromatic rings. The number of benzene rings is 1. The van der Waals surface area contributed by atoms with Crippen LogP contribution in [0.1, 0.15) is 6.42 Å². The average molecular weight is 191 g/mol. The second-order valence-corrected chi connectivity index (χ2v) is 4.01. The van der Waals surface area contributed by atoms with Crippen molar-refractivity contribution in [2.45, 2.75) is 12.5 Å². The molecule has 3 nitrogen and oxygen atoms in total. The molecule has 3 heteroatoms. The first-order chi connectivity index (χ1) is 6.74. The van der Waals surface area contributed by atoms with Crippen LogP contribution in [0.25, 0.3) is 0 Å². The Labute approximate surface area is 84.9 Å². The van der Waals surface area contributed by atoms with Gasteiger partial charge in [0.05, 0.1) is 0 Å². The van der Waals surface area contributed by atoms with E-state index in [9.17, 15) is 0 Å². The van der Waals surface area contributed by atoms with Gasteiger partial charge in [0, 0.05) is 24.0 Å².